The van der Waals surface area contributed by atoms with E-state index in [1.54, 1.807) is 44.0 Å². The third kappa shape index (κ3) is 3.79. The first kappa shape index (κ1) is 20.0. The largest absolute Gasteiger partial charge is 0.491 e. The van der Waals surface area contributed by atoms with Gasteiger partial charge in [-0.25, -0.2) is 17.8 Å². The molecule has 0 spiro atoms. The predicted octanol–water partition coefficient (Wildman–Crippen LogP) is 2.51. The van der Waals surface area contributed by atoms with Crippen molar-refractivity contribution < 1.29 is 13.2 Å². The number of nitrogens with zero attached hydrogens (tertiary/aromatic N) is 4. The second kappa shape index (κ2) is 7.88. The van der Waals surface area contributed by atoms with Crippen molar-refractivity contribution in [1.29, 1.82) is 0 Å². The molecule has 1 atom stereocenters. The van der Waals surface area contributed by atoms with Gasteiger partial charge in [0.1, 0.15) is 17.3 Å². The first-order valence-electron chi connectivity index (χ1n) is 9.40. The maximum Gasteiger partial charge on any atom is 0.244 e. The summed E-state index contributed by atoms with van der Waals surface area (Å²) in [4.78, 5) is 4.31. The Morgan fingerprint density at radius 3 is 2.73 bits per heavy atom. The average Bonchev–Trinajstić information content (AvgIpc) is 3.30. The number of hydrogen-bond donors (Lipinski definition) is 2. The highest BCUT2D eigenvalue weighted by Gasteiger charge is 2.24. The van der Waals surface area contributed by atoms with Gasteiger partial charge in [-0.1, -0.05) is 6.07 Å². The van der Waals surface area contributed by atoms with Gasteiger partial charge in [-0.15, -0.1) is 0 Å². The maximum absolute atomic E-state index is 12.7. The number of aromatic nitrogens is 5. The fourth-order valence-corrected chi connectivity index (χ4v) is 4.94. The molecule has 156 valence electrons. The molecule has 2 N–H and O–H groups in total. The molecule has 0 radical (unpaired) electrons. The van der Waals surface area contributed by atoms with Crippen LogP contribution < -0.4 is 9.46 Å². The maximum atomic E-state index is 12.7. The molecule has 10 heteroatoms. The van der Waals surface area contributed by atoms with Crippen molar-refractivity contribution in [2.75, 3.05) is 6.61 Å². The van der Waals surface area contributed by atoms with Crippen LogP contribution in [0, 0.1) is 13.8 Å². The summed E-state index contributed by atoms with van der Waals surface area (Å²) < 4.78 is 35.7. The lowest BCUT2D eigenvalue weighted by Gasteiger charge is -2.16. The molecule has 3 aromatic heterocycles. The first-order chi connectivity index (χ1) is 14.4. The SMILES string of the molecule is Cc1n[nH]c(C)c1S(=O)(=O)NC(C)COc1cccc2c1cnn2-c1cccnc1. The van der Waals surface area contributed by atoms with Gasteiger partial charge >= 0.3 is 0 Å². The van der Waals surface area contributed by atoms with Crippen LogP contribution >= 0.6 is 0 Å². The van der Waals surface area contributed by atoms with Crippen molar-refractivity contribution in [2.24, 2.45) is 0 Å². The van der Waals surface area contributed by atoms with Crippen molar-refractivity contribution in [2.45, 2.75) is 31.7 Å². The number of fused-ring (bicyclic) bond motifs is 1. The number of aryl methyl sites for hydroxylation is 2. The molecule has 0 saturated heterocycles. The fraction of sp³-hybridized carbons (Fsp3) is 0.250. The summed E-state index contributed by atoms with van der Waals surface area (Å²) in [7, 11) is -3.70. The molecule has 1 unspecified atom stereocenters. The number of ether oxygens (including phenoxy) is 1. The first-order valence-corrected chi connectivity index (χ1v) is 10.9. The topological polar surface area (TPSA) is 115 Å². The highest BCUT2D eigenvalue weighted by molar-refractivity contribution is 7.89. The van der Waals surface area contributed by atoms with Gasteiger partial charge in [0.15, 0.2) is 0 Å². The van der Waals surface area contributed by atoms with Crippen LogP contribution in [0.5, 0.6) is 5.75 Å². The molecule has 4 rings (SSSR count). The lowest BCUT2D eigenvalue weighted by atomic mass is 10.2. The Morgan fingerprint density at radius 1 is 1.20 bits per heavy atom. The molecule has 1 aromatic carbocycles. The minimum absolute atomic E-state index is 0.159. The van der Waals surface area contributed by atoms with Gasteiger partial charge < -0.3 is 4.74 Å². The standard InChI is InChI=1S/C20H22N6O3S/c1-13(25-30(27,28)20-14(2)23-24-15(20)3)12-29-19-8-4-7-18-17(19)11-22-26(18)16-6-5-9-21-10-16/h4-11,13,25H,12H2,1-3H3,(H,23,24). The third-order valence-corrected chi connectivity index (χ3v) is 6.49. The molecule has 0 aliphatic carbocycles. The van der Waals surface area contributed by atoms with E-state index >= 15 is 0 Å². The summed E-state index contributed by atoms with van der Waals surface area (Å²) in [6, 6.07) is 8.97. The Morgan fingerprint density at radius 2 is 2.03 bits per heavy atom. The fourth-order valence-electron chi connectivity index (χ4n) is 3.34. The van der Waals surface area contributed by atoms with Crippen LogP contribution in [0.15, 0.2) is 53.8 Å². The van der Waals surface area contributed by atoms with Gasteiger partial charge in [0.05, 0.1) is 46.4 Å². The predicted molar refractivity (Wildman–Crippen MR) is 112 cm³/mol. The summed E-state index contributed by atoms with van der Waals surface area (Å²) in [6.45, 7) is 5.24. The van der Waals surface area contributed by atoms with Crippen LogP contribution in [0.1, 0.15) is 18.3 Å². The van der Waals surface area contributed by atoms with Gasteiger partial charge in [0.25, 0.3) is 0 Å². The molecular weight excluding hydrogens is 404 g/mol. The second-order valence-electron chi connectivity index (χ2n) is 7.05. The van der Waals surface area contributed by atoms with Crippen molar-refractivity contribution in [3.63, 3.8) is 0 Å². The number of hydrogen-bond acceptors (Lipinski definition) is 6. The summed E-state index contributed by atoms with van der Waals surface area (Å²) >= 11 is 0. The monoisotopic (exact) mass is 426 g/mol. The Kier molecular flexibility index (Phi) is 5.27. The molecule has 0 amide bonds. The van der Waals surface area contributed by atoms with Gasteiger partial charge in [-0.3, -0.25) is 10.1 Å². The molecule has 30 heavy (non-hydrogen) atoms. The Labute approximate surface area is 174 Å². The summed E-state index contributed by atoms with van der Waals surface area (Å²) in [6.07, 6.45) is 5.17. The molecule has 0 aliphatic heterocycles. The number of H-pyrrole nitrogens is 1. The molecule has 3 heterocycles. The Balaban J connectivity index is 1.51. The number of aromatic amines is 1. The van der Waals surface area contributed by atoms with Gasteiger partial charge in [0, 0.05) is 6.20 Å². The average molecular weight is 427 g/mol. The van der Waals surface area contributed by atoms with E-state index in [0.717, 1.165) is 16.6 Å². The molecule has 9 nitrogen and oxygen atoms in total. The summed E-state index contributed by atoms with van der Waals surface area (Å²) in [5, 5.41) is 11.9. The zero-order valence-corrected chi connectivity index (χ0v) is 17.6. The quantitative estimate of drug-likeness (QED) is 0.469. The van der Waals surface area contributed by atoms with Gasteiger partial charge in [0.2, 0.25) is 10.0 Å². The van der Waals surface area contributed by atoms with Crippen LogP contribution in [-0.4, -0.2) is 46.0 Å². The minimum atomic E-state index is -3.70. The van der Waals surface area contributed by atoms with Crippen LogP contribution in [-0.2, 0) is 10.0 Å². The minimum Gasteiger partial charge on any atom is -0.491 e. The van der Waals surface area contributed by atoms with Crippen LogP contribution in [0.3, 0.4) is 0 Å². The van der Waals surface area contributed by atoms with Crippen molar-refractivity contribution in [3.8, 4) is 11.4 Å². The van der Waals surface area contributed by atoms with Gasteiger partial charge in [-0.2, -0.15) is 10.2 Å². The lowest BCUT2D eigenvalue weighted by molar-refractivity contribution is 0.290. The van der Waals surface area contributed by atoms with E-state index in [2.05, 4.69) is 25.0 Å². The number of nitrogens with one attached hydrogen (secondary N) is 2. The highest BCUT2D eigenvalue weighted by Crippen LogP contribution is 2.27. The van der Waals surface area contributed by atoms with E-state index in [1.165, 1.54) is 0 Å². The second-order valence-corrected chi connectivity index (χ2v) is 8.70. The zero-order valence-electron chi connectivity index (χ0n) is 16.8. The van der Waals surface area contributed by atoms with Gasteiger partial charge in [-0.05, 0) is 45.0 Å². The summed E-state index contributed by atoms with van der Waals surface area (Å²) in [5.41, 5.74) is 2.65. The third-order valence-electron chi connectivity index (χ3n) is 4.64. The van der Waals surface area contributed by atoms with Crippen LogP contribution in [0.4, 0.5) is 0 Å². The van der Waals surface area contributed by atoms with Crippen molar-refractivity contribution in [1.82, 2.24) is 29.7 Å². The van der Waals surface area contributed by atoms with E-state index < -0.39 is 16.1 Å². The molecule has 4 aromatic rings. The highest BCUT2D eigenvalue weighted by atomic mass is 32.2. The van der Waals surface area contributed by atoms with E-state index in [-0.39, 0.29) is 11.5 Å². The van der Waals surface area contributed by atoms with Crippen LogP contribution in [0.25, 0.3) is 16.6 Å². The molecular formula is C20H22N6O3S. The zero-order chi connectivity index (χ0) is 21.3. The molecule has 0 bridgehead atoms. The lowest BCUT2D eigenvalue weighted by Crippen LogP contribution is -2.37. The van der Waals surface area contributed by atoms with Crippen molar-refractivity contribution in [3.05, 3.63) is 60.3 Å². The van der Waals surface area contributed by atoms with E-state index in [9.17, 15) is 8.42 Å². The number of benzene rings is 1. The number of sulfonamides is 1. The Hall–Kier alpha value is -3.24. The normalized spacial score (nSPS) is 12.9. The number of pyridine rings is 1. The molecule has 0 saturated carbocycles. The van der Waals surface area contributed by atoms with Crippen LogP contribution in [0.2, 0.25) is 0 Å². The smallest absolute Gasteiger partial charge is 0.244 e. The van der Waals surface area contributed by atoms with E-state index in [0.29, 0.717) is 17.1 Å². The van der Waals surface area contributed by atoms with E-state index in [1.807, 2.05) is 30.3 Å². The van der Waals surface area contributed by atoms with E-state index in [4.69, 9.17) is 4.74 Å². The molecule has 0 fully saturated rings. The summed E-state index contributed by atoms with van der Waals surface area (Å²) in [5.74, 6) is 0.629. The Bertz CT molecular complexity index is 1260. The number of rotatable bonds is 7. The van der Waals surface area contributed by atoms with Crippen molar-refractivity contribution >= 4 is 20.9 Å². The molecule has 0 aliphatic rings.